The maximum atomic E-state index is 12.6. The highest BCUT2D eigenvalue weighted by atomic mass is 16.5. The minimum Gasteiger partial charge on any atom is -0.493 e. The summed E-state index contributed by atoms with van der Waals surface area (Å²) < 4.78 is 11.4. The lowest BCUT2D eigenvalue weighted by molar-refractivity contribution is 0.102. The van der Waals surface area contributed by atoms with Crippen molar-refractivity contribution in [2.75, 3.05) is 11.9 Å². The summed E-state index contributed by atoms with van der Waals surface area (Å²) in [6.45, 7) is 4.77. The highest BCUT2D eigenvalue weighted by Gasteiger charge is 2.11. The van der Waals surface area contributed by atoms with E-state index in [1.165, 1.54) is 0 Å². The average molecular weight is 387 g/mol. The fraction of sp³-hybridized carbons (Fsp3) is 0.174. The van der Waals surface area contributed by atoms with Crippen molar-refractivity contribution in [3.8, 4) is 17.2 Å². The van der Waals surface area contributed by atoms with Gasteiger partial charge in [0, 0.05) is 23.0 Å². The van der Waals surface area contributed by atoms with Crippen molar-refractivity contribution in [2.45, 2.75) is 13.8 Å². The number of nitrogens with one attached hydrogen (secondary N) is 1. The van der Waals surface area contributed by atoms with Crippen molar-refractivity contribution in [3.05, 3.63) is 72.4 Å². The molecule has 0 atom stereocenters. The van der Waals surface area contributed by atoms with Crippen molar-refractivity contribution < 1.29 is 13.9 Å². The second-order valence-corrected chi connectivity index (χ2v) is 7.11. The predicted octanol–water partition coefficient (Wildman–Crippen LogP) is 5.18. The van der Waals surface area contributed by atoms with E-state index in [9.17, 15) is 4.79 Å². The molecule has 6 heteroatoms. The van der Waals surface area contributed by atoms with E-state index in [4.69, 9.17) is 9.15 Å². The lowest BCUT2D eigenvalue weighted by Crippen LogP contribution is -2.12. The van der Waals surface area contributed by atoms with E-state index in [1.807, 2.05) is 42.5 Å². The summed E-state index contributed by atoms with van der Waals surface area (Å²) in [6.07, 6.45) is 1.68. The normalized spacial score (nSPS) is 11.0. The molecule has 0 radical (unpaired) electrons. The molecular weight excluding hydrogens is 366 g/mol. The number of carbonyl (C=O) groups is 1. The molecule has 4 aromatic rings. The first kappa shape index (κ1) is 18.7. The smallest absolute Gasteiger partial charge is 0.255 e. The molecule has 0 unspecified atom stereocenters. The Kier molecular flexibility index (Phi) is 5.24. The van der Waals surface area contributed by atoms with Crippen molar-refractivity contribution in [3.63, 3.8) is 0 Å². The van der Waals surface area contributed by atoms with E-state index in [1.54, 1.807) is 24.4 Å². The molecule has 0 aliphatic heterocycles. The summed E-state index contributed by atoms with van der Waals surface area (Å²) in [5.41, 5.74) is 3.24. The van der Waals surface area contributed by atoms with Gasteiger partial charge in [-0.2, -0.15) is 4.98 Å². The van der Waals surface area contributed by atoms with E-state index >= 15 is 0 Å². The van der Waals surface area contributed by atoms with Crippen LogP contribution in [0, 0.1) is 5.92 Å². The van der Waals surface area contributed by atoms with Gasteiger partial charge in [0.25, 0.3) is 5.91 Å². The molecule has 2 aromatic heterocycles. The van der Waals surface area contributed by atoms with Crippen LogP contribution in [0.1, 0.15) is 24.2 Å². The monoisotopic (exact) mass is 387 g/mol. The highest BCUT2D eigenvalue weighted by Crippen LogP contribution is 2.24. The number of oxazole rings is 1. The lowest BCUT2D eigenvalue weighted by Gasteiger charge is -2.10. The second-order valence-electron chi connectivity index (χ2n) is 7.11. The van der Waals surface area contributed by atoms with E-state index in [2.05, 4.69) is 29.1 Å². The molecule has 6 nitrogen and oxygen atoms in total. The van der Waals surface area contributed by atoms with Crippen LogP contribution in [0.25, 0.3) is 22.7 Å². The lowest BCUT2D eigenvalue weighted by atomic mass is 10.1. The summed E-state index contributed by atoms with van der Waals surface area (Å²) >= 11 is 0. The van der Waals surface area contributed by atoms with Gasteiger partial charge in [-0.1, -0.05) is 19.9 Å². The Balaban J connectivity index is 1.46. The number of fused-ring (bicyclic) bond motifs is 1. The van der Waals surface area contributed by atoms with Crippen molar-refractivity contribution in [2.24, 2.45) is 5.92 Å². The third-order valence-electron chi connectivity index (χ3n) is 4.23. The largest absolute Gasteiger partial charge is 0.493 e. The van der Waals surface area contributed by atoms with Crippen LogP contribution in [-0.4, -0.2) is 22.5 Å². The quantitative estimate of drug-likeness (QED) is 0.493. The summed E-state index contributed by atoms with van der Waals surface area (Å²) in [6, 6.07) is 18.1. The molecule has 1 amide bonds. The molecule has 2 heterocycles. The molecule has 0 saturated carbocycles. The van der Waals surface area contributed by atoms with Crippen molar-refractivity contribution >= 4 is 22.8 Å². The molecule has 0 saturated heterocycles. The number of carbonyl (C=O) groups excluding carboxylic acids is 1. The van der Waals surface area contributed by atoms with Crippen molar-refractivity contribution in [1.82, 2.24) is 9.97 Å². The molecule has 0 spiro atoms. The number of rotatable bonds is 6. The molecule has 29 heavy (non-hydrogen) atoms. The number of amides is 1. The maximum absolute atomic E-state index is 12.6. The zero-order valence-electron chi connectivity index (χ0n) is 16.3. The molecule has 146 valence electrons. The molecule has 1 N–H and O–H groups in total. The van der Waals surface area contributed by atoms with Gasteiger partial charge in [0.05, 0.1) is 6.61 Å². The summed E-state index contributed by atoms with van der Waals surface area (Å²) in [5, 5.41) is 2.90. The first-order valence-electron chi connectivity index (χ1n) is 9.45. The average Bonchev–Trinajstić information content (AvgIpc) is 3.17. The van der Waals surface area contributed by atoms with Crippen LogP contribution in [0.3, 0.4) is 0 Å². The first-order chi connectivity index (χ1) is 14.1. The van der Waals surface area contributed by atoms with Crippen LogP contribution >= 0.6 is 0 Å². The number of aromatic nitrogens is 2. The highest BCUT2D eigenvalue weighted by molar-refractivity contribution is 6.04. The standard InChI is InChI=1S/C23H21N3O3/c1-15(2)14-28-19-6-3-5-17(13-19)22(27)25-18-10-8-16(9-11-18)23-26-21-20(29-23)7-4-12-24-21/h3-13,15H,14H2,1-2H3,(H,25,27). The van der Waals surface area contributed by atoms with Crippen LogP contribution in [0.2, 0.25) is 0 Å². The fourth-order valence-corrected chi connectivity index (χ4v) is 2.78. The predicted molar refractivity (Wildman–Crippen MR) is 112 cm³/mol. The van der Waals surface area contributed by atoms with Gasteiger partial charge in [-0.15, -0.1) is 0 Å². The van der Waals surface area contributed by atoms with E-state index < -0.39 is 0 Å². The molecule has 0 aliphatic rings. The fourth-order valence-electron chi connectivity index (χ4n) is 2.78. The van der Waals surface area contributed by atoms with Gasteiger partial charge in [-0.05, 0) is 60.5 Å². The van der Waals surface area contributed by atoms with E-state index in [0.717, 1.165) is 5.56 Å². The van der Waals surface area contributed by atoms with Gasteiger partial charge in [-0.3, -0.25) is 4.79 Å². The summed E-state index contributed by atoms with van der Waals surface area (Å²) in [7, 11) is 0. The van der Waals surface area contributed by atoms with Gasteiger partial charge in [0.15, 0.2) is 11.2 Å². The van der Waals surface area contributed by atoms with Gasteiger partial charge >= 0.3 is 0 Å². The van der Waals surface area contributed by atoms with Crippen molar-refractivity contribution in [1.29, 1.82) is 0 Å². The zero-order chi connectivity index (χ0) is 20.2. The maximum Gasteiger partial charge on any atom is 0.255 e. The third kappa shape index (κ3) is 4.43. The Morgan fingerprint density at radius 3 is 2.69 bits per heavy atom. The summed E-state index contributed by atoms with van der Waals surface area (Å²) in [4.78, 5) is 21.1. The number of nitrogens with zero attached hydrogens (tertiary/aromatic N) is 2. The second kappa shape index (κ2) is 8.14. The minimum absolute atomic E-state index is 0.196. The number of anilines is 1. The Hall–Kier alpha value is -3.67. The Labute approximate surface area is 168 Å². The van der Waals surface area contributed by atoms with Crippen LogP contribution in [0.4, 0.5) is 5.69 Å². The molecule has 0 fully saturated rings. The number of benzene rings is 2. The number of hydrogen-bond acceptors (Lipinski definition) is 5. The molecule has 0 bridgehead atoms. The first-order valence-corrected chi connectivity index (χ1v) is 9.45. The minimum atomic E-state index is -0.196. The van der Waals surface area contributed by atoms with Crippen LogP contribution in [0.5, 0.6) is 5.75 Å². The van der Waals surface area contributed by atoms with Crippen LogP contribution in [-0.2, 0) is 0 Å². The summed E-state index contributed by atoms with van der Waals surface area (Å²) in [5.74, 6) is 1.40. The molecule has 0 aliphatic carbocycles. The topological polar surface area (TPSA) is 77.2 Å². The molecule has 2 aromatic carbocycles. The van der Waals surface area contributed by atoms with Crippen LogP contribution < -0.4 is 10.1 Å². The Morgan fingerprint density at radius 1 is 1.10 bits per heavy atom. The van der Waals surface area contributed by atoms with Crippen LogP contribution in [0.15, 0.2) is 71.3 Å². The Morgan fingerprint density at radius 2 is 1.93 bits per heavy atom. The SMILES string of the molecule is CC(C)COc1cccc(C(=O)Nc2ccc(-c3nc4ncccc4o3)cc2)c1. The number of hydrogen-bond donors (Lipinski definition) is 1. The Bertz CT molecular complexity index is 1100. The van der Waals surface area contributed by atoms with E-state index in [0.29, 0.717) is 46.6 Å². The van der Waals surface area contributed by atoms with Gasteiger partial charge in [-0.25, -0.2) is 4.98 Å². The zero-order valence-corrected chi connectivity index (χ0v) is 16.3. The molecular formula is C23H21N3O3. The van der Waals surface area contributed by atoms with E-state index in [-0.39, 0.29) is 5.91 Å². The van der Waals surface area contributed by atoms with Gasteiger partial charge < -0.3 is 14.5 Å². The molecule has 4 rings (SSSR count). The third-order valence-corrected chi connectivity index (χ3v) is 4.23. The number of ether oxygens (including phenoxy) is 1. The van der Waals surface area contributed by atoms with Gasteiger partial charge in [0.2, 0.25) is 5.89 Å². The van der Waals surface area contributed by atoms with Gasteiger partial charge in [0.1, 0.15) is 5.75 Å². The number of pyridine rings is 1.